The molecule has 0 aromatic heterocycles. The monoisotopic (exact) mass is 292 g/mol. The summed E-state index contributed by atoms with van der Waals surface area (Å²) in [5, 5.41) is 0. The Hall–Kier alpha value is -0.0800. The van der Waals surface area contributed by atoms with Crippen molar-refractivity contribution in [1.82, 2.24) is 9.80 Å². The van der Waals surface area contributed by atoms with Crippen LogP contribution in [0.3, 0.4) is 0 Å². The zero-order valence-electron chi connectivity index (χ0n) is 14.9. The summed E-state index contributed by atoms with van der Waals surface area (Å²) in [7, 11) is 0. The van der Waals surface area contributed by atoms with Crippen LogP contribution in [0.15, 0.2) is 0 Å². The minimum atomic E-state index is 0.375. The highest BCUT2D eigenvalue weighted by atomic mass is 15.3. The largest absolute Gasteiger partial charge is 0.303 e. The maximum atomic E-state index is 2.78. The standard InChI is InChI=1S/C19H36N2/c1-14(2)15-6-8-20(9-7-15)12-16-10-18-11-17(16)13-21(18)19(3,4)5/h14-18H,6-13H2,1-5H3. The molecule has 3 atom stereocenters. The van der Waals surface area contributed by atoms with E-state index in [4.69, 9.17) is 0 Å². The molecule has 3 unspecified atom stereocenters. The number of piperidine rings is 2. The van der Waals surface area contributed by atoms with Gasteiger partial charge in [-0.1, -0.05) is 13.8 Å². The smallest absolute Gasteiger partial charge is 0.0128 e. The second kappa shape index (κ2) is 5.85. The van der Waals surface area contributed by atoms with Crippen LogP contribution < -0.4 is 0 Å². The first-order valence-corrected chi connectivity index (χ1v) is 9.33. The first-order chi connectivity index (χ1) is 9.84. The van der Waals surface area contributed by atoms with Gasteiger partial charge in [0.25, 0.3) is 0 Å². The molecule has 0 amide bonds. The van der Waals surface area contributed by atoms with Crippen molar-refractivity contribution >= 4 is 0 Å². The lowest BCUT2D eigenvalue weighted by molar-refractivity contribution is 0.0587. The lowest BCUT2D eigenvalue weighted by atomic mass is 9.85. The molecule has 0 spiro atoms. The van der Waals surface area contributed by atoms with Gasteiger partial charge in [-0.05, 0) is 83.2 Å². The quantitative estimate of drug-likeness (QED) is 0.779. The second-order valence-electron chi connectivity index (χ2n) is 9.35. The van der Waals surface area contributed by atoms with Gasteiger partial charge in [0.2, 0.25) is 0 Å². The van der Waals surface area contributed by atoms with E-state index < -0.39 is 0 Å². The molecule has 3 rings (SSSR count). The van der Waals surface area contributed by atoms with E-state index in [2.05, 4.69) is 44.4 Å². The third-order valence-corrected chi connectivity index (χ3v) is 6.62. The van der Waals surface area contributed by atoms with Crippen molar-refractivity contribution in [1.29, 1.82) is 0 Å². The number of hydrogen-bond acceptors (Lipinski definition) is 2. The van der Waals surface area contributed by atoms with Gasteiger partial charge in [-0.2, -0.15) is 0 Å². The summed E-state index contributed by atoms with van der Waals surface area (Å²) < 4.78 is 0. The average Bonchev–Trinajstić information content (AvgIpc) is 2.98. The van der Waals surface area contributed by atoms with Crippen molar-refractivity contribution in [2.75, 3.05) is 26.2 Å². The van der Waals surface area contributed by atoms with Crippen molar-refractivity contribution in [2.24, 2.45) is 23.7 Å². The molecule has 2 aliphatic heterocycles. The van der Waals surface area contributed by atoms with Crippen LogP contribution in [0.5, 0.6) is 0 Å². The normalized spacial score (nSPS) is 36.0. The summed E-state index contributed by atoms with van der Waals surface area (Å²) in [6.45, 7) is 17.4. The lowest BCUT2D eigenvalue weighted by Crippen LogP contribution is -2.49. The van der Waals surface area contributed by atoms with E-state index in [-0.39, 0.29) is 0 Å². The fourth-order valence-electron chi connectivity index (χ4n) is 5.24. The first kappa shape index (κ1) is 15.8. The molecule has 0 aromatic rings. The molecule has 0 N–H and O–H groups in total. The van der Waals surface area contributed by atoms with Crippen molar-refractivity contribution in [3.63, 3.8) is 0 Å². The Morgan fingerprint density at radius 2 is 1.71 bits per heavy atom. The Morgan fingerprint density at radius 1 is 1.05 bits per heavy atom. The van der Waals surface area contributed by atoms with Crippen LogP contribution >= 0.6 is 0 Å². The minimum Gasteiger partial charge on any atom is -0.303 e. The van der Waals surface area contributed by atoms with Gasteiger partial charge in [0, 0.05) is 24.7 Å². The van der Waals surface area contributed by atoms with Gasteiger partial charge < -0.3 is 4.90 Å². The van der Waals surface area contributed by atoms with E-state index in [1.807, 2.05) is 0 Å². The molecule has 2 heterocycles. The highest BCUT2D eigenvalue weighted by Gasteiger charge is 2.47. The van der Waals surface area contributed by atoms with Gasteiger partial charge in [-0.15, -0.1) is 0 Å². The third-order valence-electron chi connectivity index (χ3n) is 6.62. The van der Waals surface area contributed by atoms with Crippen molar-refractivity contribution in [3.05, 3.63) is 0 Å². The van der Waals surface area contributed by atoms with Crippen LogP contribution in [-0.4, -0.2) is 47.6 Å². The molecular weight excluding hydrogens is 256 g/mol. The summed E-state index contributed by atoms with van der Waals surface area (Å²) in [6, 6.07) is 0.883. The van der Waals surface area contributed by atoms with Crippen LogP contribution in [0.1, 0.15) is 60.3 Å². The van der Waals surface area contributed by atoms with Crippen molar-refractivity contribution in [2.45, 2.75) is 71.9 Å². The van der Waals surface area contributed by atoms with Crippen molar-refractivity contribution < 1.29 is 0 Å². The summed E-state index contributed by atoms with van der Waals surface area (Å²) in [6.07, 6.45) is 5.82. The van der Waals surface area contributed by atoms with Gasteiger partial charge >= 0.3 is 0 Å². The van der Waals surface area contributed by atoms with Crippen LogP contribution in [-0.2, 0) is 0 Å². The van der Waals surface area contributed by atoms with E-state index in [9.17, 15) is 0 Å². The number of fused-ring (bicyclic) bond motifs is 2. The molecule has 2 heteroatoms. The zero-order chi connectivity index (χ0) is 15.2. The Morgan fingerprint density at radius 3 is 2.19 bits per heavy atom. The van der Waals surface area contributed by atoms with Crippen LogP contribution in [0, 0.1) is 23.7 Å². The molecule has 21 heavy (non-hydrogen) atoms. The van der Waals surface area contributed by atoms with Gasteiger partial charge in [0.15, 0.2) is 0 Å². The lowest BCUT2D eigenvalue weighted by Gasteiger charge is -2.42. The van der Waals surface area contributed by atoms with Gasteiger partial charge in [0.05, 0.1) is 0 Å². The topological polar surface area (TPSA) is 6.48 Å². The number of rotatable bonds is 3. The molecule has 2 saturated heterocycles. The molecule has 3 aliphatic rings. The molecular formula is C19H36N2. The van der Waals surface area contributed by atoms with E-state index in [0.29, 0.717) is 5.54 Å². The first-order valence-electron chi connectivity index (χ1n) is 9.33. The van der Waals surface area contributed by atoms with E-state index in [1.54, 1.807) is 0 Å². The molecule has 1 aliphatic carbocycles. The Kier molecular flexibility index (Phi) is 4.40. The molecule has 0 radical (unpaired) electrons. The third kappa shape index (κ3) is 3.32. The fraction of sp³-hybridized carbons (Fsp3) is 1.00. The van der Waals surface area contributed by atoms with Crippen molar-refractivity contribution in [3.8, 4) is 0 Å². The molecule has 0 aromatic carbocycles. The SMILES string of the molecule is CC(C)C1CCN(CC2CC3CC2CN3C(C)(C)C)CC1. The Labute approximate surface area is 132 Å². The van der Waals surface area contributed by atoms with Crippen LogP contribution in [0.25, 0.3) is 0 Å². The Bertz CT molecular complexity index is 349. The van der Waals surface area contributed by atoms with Gasteiger partial charge in [-0.3, -0.25) is 4.90 Å². The summed E-state index contributed by atoms with van der Waals surface area (Å²) in [5.41, 5.74) is 0.375. The van der Waals surface area contributed by atoms with Gasteiger partial charge in [-0.25, -0.2) is 0 Å². The minimum absolute atomic E-state index is 0.375. The van der Waals surface area contributed by atoms with Gasteiger partial charge in [0.1, 0.15) is 0 Å². The summed E-state index contributed by atoms with van der Waals surface area (Å²) in [4.78, 5) is 5.56. The maximum absolute atomic E-state index is 2.78. The van der Waals surface area contributed by atoms with Crippen LogP contribution in [0.2, 0.25) is 0 Å². The summed E-state index contributed by atoms with van der Waals surface area (Å²) in [5.74, 6) is 3.84. The fourth-order valence-corrected chi connectivity index (χ4v) is 5.24. The average molecular weight is 293 g/mol. The predicted octanol–water partition coefficient (Wildman–Crippen LogP) is 3.86. The molecule has 1 saturated carbocycles. The van der Waals surface area contributed by atoms with E-state index in [1.165, 1.54) is 51.9 Å². The Balaban J connectivity index is 1.47. The second-order valence-corrected chi connectivity index (χ2v) is 9.35. The number of hydrogen-bond donors (Lipinski definition) is 0. The molecule has 122 valence electrons. The van der Waals surface area contributed by atoms with Crippen LogP contribution in [0.4, 0.5) is 0 Å². The maximum Gasteiger partial charge on any atom is 0.0128 e. The van der Waals surface area contributed by atoms with E-state index in [0.717, 1.165) is 29.7 Å². The molecule has 2 bridgehead atoms. The highest BCUT2D eigenvalue weighted by molar-refractivity contribution is 5.01. The highest BCUT2D eigenvalue weighted by Crippen LogP contribution is 2.45. The number of nitrogens with zero attached hydrogens (tertiary/aromatic N) is 2. The molecule has 3 fully saturated rings. The van der Waals surface area contributed by atoms with E-state index >= 15 is 0 Å². The predicted molar refractivity (Wildman–Crippen MR) is 90.5 cm³/mol. The summed E-state index contributed by atoms with van der Waals surface area (Å²) >= 11 is 0. The molecule has 2 nitrogen and oxygen atoms in total. The number of likely N-dealkylation sites (tertiary alicyclic amines) is 2. The zero-order valence-corrected chi connectivity index (χ0v) is 14.9.